The number of benzene rings is 3. The van der Waals surface area contributed by atoms with Crippen LogP contribution in [-0.2, 0) is 12.1 Å². The molecular formula is C30H30F6N2O5. The minimum Gasteiger partial charge on any atom is -0.410 e. The van der Waals surface area contributed by atoms with Gasteiger partial charge in [0.2, 0.25) is 0 Å². The molecule has 0 atom stereocenters. The van der Waals surface area contributed by atoms with E-state index in [0.717, 1.165) is 29.8 Å². The monoisotopic (exact) mass is 612 g/mol. The molecule has 0 aliphatic carbocycles. The molecule has 232 valence electrons. The van der Waals surface area contributed by atoms with Crippen LogP contribution in [0.3, 0.4) is 0 Å². The third-order valence-corrected chi connectivity index (χ3v) is 7.13. The SMILES string of the molecule is CN(C)C(=O)Oc1ccc(CN2CCC(C(O)(c3ccc(OC(F)(F)F)cc3)c3ccc(OC(F)(F)F)cc3)CC2)cc1. The smallest absolute Gasteiger partial charge is 0.410 e. The van der Waals surface area contributed by atoms with Gasteiger partial charge in [-0.1, -0.05) is 36.4 Å². The summed E-state index contributed by atoms with van der Waals surface area (Å²) in [6.07, 6.45) is -9.31. The molecule has 43 heavy (non-hydrogen) atoms. The Morgan fingerprint density at radius 1 is 0.767 bits per heavy atom. The van der Waals surface area contributed by atoms with Gasteiger partial charge in [-0.15, -0.1) is 26.3 Å². The van der Waals surface area contributed by atoms with Crippen molar-refractivity contribution in [1.29, 1.82) is 0 Å². The Bertz CT molecular complexity index is 1290. The predicted molar refractivity (Wildman–Crippen MR) is 143 cm³/mol. The highest BCUT2D eigenvalue weighted by molar-refractivity contribution is 5.69. The zero-order chi connectivity index (χ0) is 31.4. The second-order valence-electron chi connectivity index (χ2n) is 10.4. The van der Waals surface area contributed by atoms with Gasteiger partial charge in [-0.05, 0) is 84.9 Å². The molecule has 1 aliphatic heterocycles. The normalized spacial score (nSPS) is 15.2. The minimum atomic E-state index is -4.89. The van der Waals surface area contributed by atoms with Crippen LogP contribution in [0.25, 0.3) is 0 Å². The predicted octanol–water partition coefficient (Wildman–Crippen LogP) is 6.69. The fraction of sp³-hybridized carbons (Fsp3) is 0.367. The summed E-state index contributed by atoms with van der Waals surface area (Å²) in [6, 6.07) is 16.7. The molecule has 13 heteroatoms. The molecule has 1 fully saturated rings. The third kappa shape index (κ3) is 8.54. The molecule has 0 radical (unpaired) electrons. The number of ether oxygens (including phenoxy) is 3. The molecule has 0 bridgehead atoms. The quantitative estimate of drug-likeness (QED) is 0.286. The number of halogens is 6. The van der Waals surface area contributed by atoms with Gasteiger partial charge in [-0.2, -0.15) is 0 Å². The van der Waals surface area contributed by atoms with E-state index in [0.29, 0.717) is 38.2 Å². The lowest BCUT2D eigenvalue weighted by Gasteiger charge is -2.42. The number of hydrogen-bond acceptors (Lipinski definition) is 6. The summed E-state index contributed by atoms with van der Waals surface area (Å²) in [7, 11) is 3.16. The Balaban J connectivity index is 1.51. The third-order valence-electron chi connectivity index (χ3n) is 7.13. The summed E-state index contributed by atoms with van der Waals surface area (Å²) in [6.45, 7) is 1.71. The molecule has 7 nitrogen and oxygen atoms in total. The molecule has 0 unspecified atom stereocenters. The number of alkyl halides is 6. The van der Waals surface area contributed by atoms with E-state index in [1.807, 2.05) is 12.1 Å². The number of carbonyl (C=O) groups excluding carboxylic acids is 1. The summed E-state index contributed by atoms with van der Waals surface area (Å²) in [5.41, 5.74) is -0.211. The standard InChI is InChI=1S/C30H30F6N2O5/c1-37(2)27(39)41-24-9-3-20(4-10-24)19-38-17-15-23(16-18-38)28(40,21-5-11-25(12-6-21)42-29(31,32)33)22-7-13-26(14-8-22)43-30(34,35)36/h3-14,23,40H,15-19H2,1-2H3. The van der Waals surface area contributed by atoms with Crippen molar-refractivity contribution < 1.29 is 50.5 Å². The second kappa shape index (κ2) is 12.7. The maximum Gasteiger partial charge on any atom is 0.573 e. The lowest BCUT2D eigenvalue weighted by molar-refractivity contribution is -0.275. The maximum absolute atomic E-state index is 12.7. The van der Waals surface area contributed by atoms with Crippen molar-refractivity contribution in [3.63, 3.8) is 0 Å². The van der Waals surface area contributed by atoms with Gasteiger partial charge in [-0.25, -0.2) is 4.79 Å². The van der Waals surface area contributed by atoms with Crippen LogP contribution in [0.15, 0.2) is 72.8 Å². The molecule has 3 aromatic rings. The van der Waals surface area contributed by atoms with E-state index >= 15 is 0 Å². The number of carbonyl (C=O) groups is 1. The average Bonchev–Trinajstić information content (AvgIpc) is 2.93. The van der Waals surface area contributed by atoms with E-state index in [2.05, 4.69) is 14.4 Å². The summed E-state index contributed by atoms with van der Waals surface area (Å²) in [5.74, 6) is -0.945. The number of rotatable bonds is 8. The van der Waals surface area contributed by atoms with Crippen molar-refractivity contribution in [1.82, 2.24) is 9.80 Å². The molecule has 0 aromatic heterocycles. The zero-order valence-corrected chi connectivity index (χ0v) is 23.3. The van der Waals surface area contributed by atoms with E-state index in [-0.39, 0.29) is 11.1 Å². The van der Waals surface area contributed by atoms with E-state index in [9.17, 15) is 36.2 Å². The first kappa shape index (κ1) is 32.0. The van der Waals surface area contributed by atoms with Crippen LogP contribution in [0, 0.1) is 5.92 Å². The van der Waals surface area contributed by atoms with Gasteiger partial charge in [-0.3, -0.25) is 4.90 Å². The Kier molecular flexibility index (Phi) is 9.45. The molecular weight excluding hydrogens is 582 g/mol. The van der Waals surface area contributed by atoms with Crippen LogP contribution in [-0.4, -0.2) is 60.9 Å². The van der Waals surface area contributed by atoms with Crippen LogP contribution >= 0.6 is 0 Å². The molecule has 1 aliphatic rings. The molecule has 4 rings (SSSR count). The number of hydrogen-bond donors (Lipinski definition) is 1. The Labute approximate surface area is 244 Å². The fourth-order valence-corrected chi connectivity index (χ4v) is 5.08. The van der Waals surface area contributed by atoms with Gasteiger partial charge in [0.25, 0.3) is 0 Å². The molecule has 0 saturated carbocycles. The lowest BCUT2D eigenvalue weighted by Crippen LogP contribution is -2.44. The highest BCUT2D eigenvalue weighted by Crippen LogP contribution is 2.43. The Morgan fingerprint density at radius 3 is 1.58 bits per heavy atom. The minimum absolute atomic E-state index is 0.271. The van der Waals surface area contributed by atoms with E-state index in [1.165, 1.54) is 29.2 Å². The van der Waals surface area contributed by atoms with Crippen molar-refractivity contribution in [3.05, 3.63) is 89.5 Å². The van der Waals surface area contributed by atoms with E-state index < -0.39 is 41.8 Å². The second-order valence-corrected chi connectivity index (χ2v) is 10.4. The van der Waals surface area contributed by atoms with Crippen molar-refractivity contribution in [2.75, 3.05) is 27.2 Å². The Morgan fingerprint density at radius 2 is 1.19 bits per heavy atom. The van der Waals surface area contributed by atoms with Gasteiger partial charge in [0, 0.05) is 20.6 Å². The Hall–Kier alpha value is -3.97. The van der Waals surface area contributed by atoms with Gasteiger partial charge in [0.05, 0.1) is 0 Å². The number of piperidine rings is 1. The van der Waals surface area contributed by atoms with Gasteiger partial charge < -0.3 is 24.2 Å². The van der Waals surface area contributed by atoms with Crippen LogP contribution in [0.4, 0.5) is 31.1 Å². The number of aliphatic hydroxyl groups is 1. The first-order valence-electron chi connectivity index (χ1n) is 13.3. The topological polar surface area (TPSA) is 71.5 Å². The van der Waals surface area contributed by atoms with Crippen LogP contribution in [0.1, 0.15) is 29.5 Å². The van der Waals surface area contributed by atoms with Gasteiger partial charge in [0.15, 0.2) is 0 Å². The maximum atomic E-state index is 12.7. The van der Waals surface area contributed by atoms with Crippen LogP contribution in [0.5, 0.6) is 17.2 Å². The summed E-state index contributed by atoms with van der Waals surface area (Å²) < 4.78 is 89.3. The summed E-state index contributed by atoms with van der Waals surface area (Å²) in [5, 5.41) is 12.2. The molecule has 1 N–H and O–H groups in total. The van der Waals surface area contributed by atoms with Crippen molar-refractivity contribution in [2.45, 2.75) is 37.7 Å². The largest absolute Gasteiger partial charge is 0.573 e. The molecule has 0 spiro atoms. The fourth-order valence-electron chi connectivity index (χ4n) is 5.08. The molecule has 1 amide bonds. The molecule has 1 saturated heterocycles. The van der Waals surface area contributed by atoms with Crippen LogP contribution < -0.4 is 14.2 Å². The number of nitrogens with zero attached hydrogens (tertiary/aromatic N) is 2. The highest BCUT2D eigenvalue weighted by Gasteiger charge is 2.42. The summed E-state index contributed by atoms with van der Waals surface area (Å²) in [4.78, 5) is 15.2. The molecule has 3 aromatic carbocycles. The zero-order valence-electron chi connectivity index (χ0n) is 23.3. The van der Waals surface area contributed by atoms with Gasteiger partial charge in [0.1, 0.15) is 22.8 Å². The highest BCUT2D eigenvalue weighted by atomic mass is 19.4. The average molecular weight is 613 g/mol. The molecule has 1 heterocycles. The van der Waals surface area contributed by atoms with Crippen molar-refractivity contribution >= 4 is 6.09 Å². The summed E-state index contributed by atoms with van der Waals surface area (Å²) >= 11 is 0. The van der Waals surface area contributed by atoms with Crippen LogP contribution in [0.2, 0.25) is 0 Å². The first-order chi connectivity index (χ1) is 20.1. The first-order valence-corrected chi connectivity index (χ1v) is 13.3. The lowest BCUT2D eigenvalue weighted by atomic mass is 9.72. The van der Waals surface area contributed by atoms with E-state index in [4.69, 9.17) is 4.74 Å². The van der Waals surface area contributed by atoms with Gasteiger partial charge >= 0.3 is 18.8 Å². The van der Waals surface area contributed by atoms with Crippen molar-refractivity contribution in [2.24, 2.45) is 5.92 Å². The van der Waals surface area contributed by atoms with Crippen molar-refractivity contribution in [3.8, 4) is 17.2 Å². The number of amides is 1. The number of likely N-dealkylation sites (tertiary alicyclic amines) is 1. The van der Waals surface area contributed by atoms with E-state index in [1.54, 1.807) is 26.2 Å².